The van der Waals surface area contributed by atoms with Crippen molar-refractivity contribution >= 4 is 5.82 Å². The Hall–Kier alpha value is -2.35. The van der Waals surface area contributed by atoms with E-state index in [1.54, 1.807) is 12.5 Å². The number of imidazole rings is 1. The Bertz CT molecular complexity index is 661. The molecular weight excluding hydrogens is 238 g/mol. The molecule has 0 aliphatic carbocycles. The average molecular weight is 255 g/mol. The van der Waals surface area contributed by atoms with Crippen molar-refractivity contribution in [2.75, 3.05) is 5.73 Å². The Morgan fingerprint density at radius 3 is 2.58 bits per heavy atom. The molecule has 2 heterocycles. The fourth-order valence-corrected chi connectivity index (χ4v) is 2.31. The number of aryl methyl sites for hydroxylation is 1. The predicted molar refractivity (Wildman–Crippen MR) is 74.4 cm³/mol. The molecule has 98 valence electrons. The second-order valence-corrected chi connectivity index (χ2v) is 4.91. The van der Waals surface area contributed by atoms with Crippen molar-refractivity contribution in [3.63, 3.8) is 0 Å². The Kier molecular flexibility index (Phi) is 3.26. The van der Waals surface area contributed by atoms with E-state index >= 15 is 0 Å². The van der Waals surface area contributed by atoms with Crippen molar-refractivity contribution in [3.8, 4) is 17.3 Å². The molecular formula is C14H17N5. The summed E-state index contributed by atoms with van der Waals surface area (Å²) in [5.41, 5.74) is 9.98. The van der Waals surface area contributed by atoms with Crippen molar-refractivity contribution < 1.29 is 0 Å². The van der Waals surface area contributed by atoms with Gasteiger partial charge in [-0.25, -0.2) is 9.97 Å². The topological polar surface area (TPSA) is 80.5 Å². The number of nitrogen functional groups attached to an aromatic ring is 1. The summed E-state index contributed by atoms with van der Waals surface area (Å²) < 4.78 is 1.88. The Morgan fingerprint density at radius 1 is 1.42 bits per heavy atom. The Labute approximate surface area is 112 Å². The van der Waals surface area contributed by atoms with E-state index in [0.717, 1.165) is 22.5 Å². The zero-order valence-corrected chi connectivity index (χ0v) is 11.6. The third-order valence-corrected chi connectivity index (χ3v) is 3.24. The molecule has 0 radical (unpaired) electrons. The minimum Gasteiger partial charge on any atom is -0.383 e. The van der Waals surface area contributed by atoms with Gasteiger partial charge >= 0.3 is 0 Å². The first kappa shape index (κ1) is 13.1. The summed E-state index contributed by atoms with van der Waals surface area (Å²) >= 11 is 0. The van der Waals surface area contributed by atoms with Crippen LogP contribution in [0.4, 0.5) is 5.82 Å². The van der Waals surface area contributed by atoms with Crippen molar-refractivity contribution in [3.05, 3.63) is 29.3 Å². The third kappa shape index (κ3) is 2.06. The van der Waals surface area contributed by atoms with Crippen LogP contribution in [-0.4, -0.2) is 14.5 Å². The van der Waals surface area contributed by atoms with E-state index in [2.05, 4.69) is 29.9 Å². The smallest absolute Gasteiger partial charge is 0.142 e. The lowest BCUT2D eigenvalue weighted by Crippen LogP contribution is -2.08. The van der Waals surface area contributed by atoms with Gasteiger partial charge < -0.3 is 10.3 Å². The van der Waals surface area contributed by atoms with Crippen LogP contribution in [0.1, 0.15) is 36.6 Å². The average Bonchev–Trinajstić information content (AvgIpc) is 2.76. The maximum absolute atomic E-state index is 9.34. The molecule has 5 heteroatoms. The molecule has 0 atom stereocenters. The van der Waals surface area contributed by atoms with Crippen LogP contribution in [0.3, 0.4) is 0 Å². The number of nitrogens with two attached hydrogens (primary N) is 1. The van der Waals surface area contributed by atoms with E-state index in [4.69, 9.17) is 5.73 Å². The van der Waals surface area contributed by atoms with Gasteiger partial charge in [0.05, 0.1) is 18.2 Å². The summed E-state index contributed by atoms with van der Waals surface area (Å²) in [5.74, 6) is 0.537. The van der Waals surface area contributed by atoms with Gasteiger partial charge in [-0.3, -0.25) is 0 Å². The Morgan fingerprint density at radius 2 is 2.11 bits per heavy atom. The highest BCUT2D eigenvalue weighted by Gasteiger charge is 2.20. The molecule has 2 aromatic rings. The van der Waals surface area contributed by atoms with Gasteiger partial charge in [0.1, 0.15) is 17.5 Å². The summed E-state index contributed by atoms with van der Waals surface area (Å²) in [4.78, 5) is 8.48. The molecule has 0 bridgehead atoms. The monoisotopic (exact) mass is 255 g/mol. The minimum atomic E-state index is 0.252. The molecule has 0 fully saturated rings. The highest BCUT2D eigenvalue weighted by atomic mass is 15.0. The third-order valence-electron chi connectivity index (χ3n) is 3.24. The number of hydrogen-bond acceptors (Lipinski definition) is 4. The molecule has 0 saturated carbocycles. The normalized spacial score (nSPS) is 10.7. The SMILES string of the molecule is Cc1c(C(C)C)nc(N)c(C#N)c1-c1cncn1C. The summed E-state index contributed by atoms with van der Waals surface area (Å²) in [7, 11) is 1.90. The number of anilines is 1. The minimum absolute atomic E-state index is 0.252. The van der Waals surface area contributed by atoms with Gasteiger partial charge in [-0.05, 0) is 18.4 Å². The number of pyridine rings is 1. The summed E-state index contributed by atoms with van der Waals surface area (Å²) in [6.45, 7) is 6.10. The molecule has 0 saturated heterocycles. The predicted octanol–water partition coefficient (Wildman–Crippen LogP) is 2.37. The lowest BCUT2D eigenvalue weighted by molar-refractivity contribution is 0.812. The van der Waals surface area contributed by atoms with Crippen molar-refractivity contribution in [1.82, 2.24) is 14.5 Å². The second kappa shape index (κ2) is 4.73. The van der Waals surface area contributed by atoms with Crippen LogP contribution in [0.5, 0.6) is 0 Å². The number of nitriles is 1. The maximum atomic E-state index is 9.34. The lowest BCUT2D eigenvalue weighted by Gasteiger charge is -2.16. The fourth-order valence-electron chi connectivity index (χ4n) is 2.31. The molecule has 2 N–H and O–H groups in total. The number of aromatic nitrogens is 3. The van der Waals surface area contributed by atoms with Crippen LogP contribution in [-0.2, 0) is 7.05 Å². The van der Waals surface area contributed by atoms with Crippen molar-refractivity contribution in [2.24, 2.45) is 7.05 Å². The van der Waals surface area contributed by atoms with E-state index in [1.165, 1.54) is 0 Å². The molecule has 0 aromatic carbocycles. The van der Waals surface area contributed by atoms with Crippen LogP contribution in [0.15, 0.2) is 12.5 Å². The molecule has 19 heavy (non-hydrogen) atoms. The summed E-state index contributed by atoms with van der Waals surface area (Å²) in [5, 5.41) is 9.34. The molecule has 0 unspecified atom stereocenters. The second-order valence-electron chi connectivity index (χ2n) is 4.91. The van der Waals surface area contributed by atoms with E-state index in [9.17, 15) is 5.26 Å². The summed E-state index contributed by atoms with van der Waals surface area (Å²) in [6, 6.07) is 2.16. The van der Waals surface area contributed by atoms with Gasteiger partial charge in [0.2, 0.25) is 0 Å². The molecule has 5 nitrogen and oxygen atoms in total. The van der Waals surface area contributed by atoms with E-state index < -0.39 is 0 Å². The fraction of sp³-hybridized carbons (Fsp3) is 0.357. The summed E-state index contributed by atoms with van der Waals surface area (Å²) in [6.07, 6.45) is 3.45. The van der Waals surface area contributed by atoms with Crippen LogP contribution in [0, 0.1) is 18.3 Å². The number of hydrogen-bond donors (Lipinski definition) is 1. The van der Waals surface area contributed by atoms with Gasteiger partial charge in [0.25, 0.3) is 0 Å². The molecule has 2 aromatic heterocycles. The number of nitrogens with zero attached hydrogens (tertiary/aromatic N) is 4. The highest BCUT2D eigenvalue weighted by Crippen LogP contribution is 2.33. The first-order valence-electron chi connectivity index (χ1n) is 6.14. The first-order valence-corrected chi connectivity index (χ1v) is 6.14. The molecule has 0 aliphatic heterocycles. The van der Waals surface area contributed by atoms with Crippen molar-refractivity contribution in [2.45, 2.75) is 26.7 Å². The van der Waals surface area contributed by atoms with Gasteiger partial charge in [0, 0.05) is 18.3 Å². The van der Waals surface area contributed by atoms with E-state index in [0.29, 0.717) is 5.56 Å². The lowest BCUT2D eigenvalue weighted by atomic mass is 9.95. The van der Waals surface area contributed by atoms with Gasteiger partial charge in [-0.1, -0.05) is 13.8 Å². The molecule has 0 spiro atoms. The maximum Gasteiger partial charge on any atom is 0.142 e. The van der Waals surface area contributed by atoms with Crippen LogP contribution >= 0.6 is 0 Å². The zero-order valence-electron chi connectivity index (χ0n) is 11.6. The van der Waals surface area contributed by atoms with E-state index in [1.807, 2.05) is 18.5 Å². The molecule has 0 aliphatic rings. The Balaban J connectivity index is 2.85. The highest BCUT2D eigenvalue weighted by molar-refractivity contribution is 5.77. The molecule has 2 rings (SSSR count). The van der Waals surface area contributed by atoms with Crippen LogP contribution in [0.2, 0.25) is 0 Å². The standard InChI is InChI=1S/C14H17N5/c1-8(2)13-9(3)12(10(5-15)14(16)18-13)11-6-17-7-19(11)4/h6-8H,1-4H3,(H2,16,18). The van der Waals surface area contributed by atoms with Crippen LogP contribution in [0.25, 0.3) is 11.3 Å². The van der Waals surface area contributed by atoms with Gasteiger partial charge in [0.15, 0.2) is 0 Å². The van der Waals surface area contributed by atoms with E-state index in [-0.39, 0.29) is 11.7 Å². The number of rotatable bonds is 2. The molecule has 0 amide bonds. The largest absolute Gasteiger partial charge is 0.383 e. The van der Waals surface area contributed by atoms with Gasteiger partial charge in [-0.2, -0.15) is 5.26 Å². The van der Waals surface area contributed by atoms with Crippen molar-refractivity contribution in [1.29, 1.82) is 5.26 Å². The zero-order chi connectivity index (χ0) is 14.2. The quantitative estimate of drug-likeness (QED) is 0.893. The van der Waals surface area contributed by atoms with Crippen LogP contribution < -0.4 is 5.73 Å². The van der Waals surface area contributed by atoms with Gasteiger partial charge in [-0.15, -0.1) is 0 Å². The first-order chi connectivity index (χ1) is 8.97.